The summed E-state index contributed by atoms with van der Waals surface area (Å²) in [5.74, 6) is 0.141. The lowest BCUT2D eigenvalue weighted by Crippen LogP contribution is -2.37. The molecule has 4 nitrogen and oxygen atoms in total. The molecule has 3 rings (SSSR count). The molecule has 0 spiro atoms. The average molecular weight is 304 g/mol. The summed E-state index contributed by atoms with van der Waals surface area (Å²) in [5.41, 5.74) is 1.68. The molecule has 1 aromatic rings. The highest BCUT2D eigenvalue weighted by atomic mass is 19.1. The lowest BCUT2D eigenvalue weighted by molar-refractivity contribution is -0.135. The van der Waals surface area contributed by atoms with Crippen LogP contribution in [0, 0.1) is 11.7 Å². The van der Waals surface area contributed by atoms with E-state index < -0.39 is 0 Å². The lowest BCUT2D eigenvalue weighted by atomic mass is 10.0. The molecule has 2 aliphatic rings. The molecule has 1 unspecified atom stereocenters. The van der Waals surface area contributed by atoms with Gasteiger partial charge in [0.05, 0.1) is 12.3 Å². The van der Waals surface area contributed by atoms with Crippen LogP contribution >= 0.6 is 0 Å². The molecule has 1 amide bonds. The number of nitrogens with zero attached hydrogens (tertiary/aromatic N) is 2. The Kier molecular flexibility index (Phi) is 4.41. The van der Waals surface area contributed by atoms with E-state index in [0.29, 0.717) is 13.0 Å². The molecule has 22 heavy (non-hydrogen) atoms. The number of carbonyl (C=O) groups is 1. The zero-order valence-electron chi connectivity index (χ0n) is 12.8. The predicted octanol–water partition coefficient (Wildman–Crippen LogP) is 2.97. The molecule has 118 valence electrons. The van der Waals surface area contributed by atoms with Gasteiger partial charge >= 0.3 is 0 Å². The van der Waals surface area contributed by atoms with Crippen LogP contribution in [-0.2, 0) is 9.63 Å². The highest BCUT2D eigenvalue weighted by molar-refractivity contribution is 6.01. The average Bonchev–Trinajstić information content (AvgIpc) is 3.18. The summed E-state index contributed by atoms with van der Waals surface area (Å²) in [6.45, 7) is 0.545. The summed E-state index contributed by atoms with van der Waals surface area (Å²) in [5, 5.41) is 4.08. The van der Waals surface area contributed by atoms with E-state index in [0.717, 1.165) is 37.0 Å². The third-order valence-electron chi connectivity index (χ3n) is 4.47. The second kappa shape index (κ2) is 6.46. The molecule has 0 saturated heterocycles. The van der Waals surface area contributed by atoms with Gasteiger partial charge in [0.2, 0.25) is 5.91 Å². The first-order valence-corrected chi connectivity index (χ1v) is 7.87. The molecule has 1 fully saturated rings. The summed E-state index contributed by atoms with van der Waals surface area (Å²) in [7, 11) is 1.83. The third-order valence-corrected chi connectivity index (χ3v) is 4.47. The second-order valence-corrected chi connectivity index (χ2v) is 6.18. The van der Waals surface area contributed by atoms with E-state index in [1.165, 1.54) is 12.1 Å². The number of likely N-dealkylation sites (N-methyl/N-ethyl adjacent to an activating group) is 1. The minimum absolute atomic E-state index is 0.115. The van der Waals surface area contributed by atoms with Crippen molar-refractivity contribution in [3.8, 4) is 0 Å². The maximum Gasteiger partial charge on any atom is 0.225 e. The molecule has 1 aliphatic carbocycles. The molecular weight excluding hydrogens is 283 g/mol. The molecule has 0 radical (unpaired) electrons. The van der Waals surface area contributed by atoms with E-state index in [-0.39, 0.29) is 23.7 Å². The molecule has 1 aromatic carbocycles. The summed E-state index contributed by atoms with van der Waals surface area (Å²) in [6, 6.07) is 6.24. The van der Waals surface area contributed by atoms with Crippen molar-refractivity contribution in [2.45, 2.75) is 38.2 Å². The maximum absolute atomic E-state index is 12.9. The Morgan fingerprint density at radius 2 is 2.00 bits per heavy atom. The zero-order valence-corrected chi connectivity index (χ0v) is 12.8. The van der Waals surface area contributed by atoms with Crippen LogP contribution in [0.3, 0.4) is 0 Å². The number of halogens is 1. The number of rotatable bonds is 4. The van der Waals surface area contributed by atoms with Crippen molar-refractivity contribution < 1.29 is 14.0 Å². The Balaban J connectivity index is 1.53. The Labute approximate surface area is 129 Å². The highest BCUT2D eigenvalue weighted by Gasteiger charge is 2.29. The van der Waals surface area contributed by atoms with Gasteiger partial charge in [-0.2, -0.15) is 0 Å². The van der Waals surface area contributed by atoms with Crippen molar-refractivity contribution in [3.05, 3.63) is 35.6 Å². The fraction of sp³-hybridized carbons (Fsp3) is 0.529. The predicted molar refractivity (Wildman–Crippen MR) is 82.0 cm³/mol. The maximum atomic E-state index is 12.9. The van der Waals surface area contributed by atoms with Crippen LogP contribution < -0.4 is 0 Å². The number of carbonyl (C=O) groups excluding carboxylic acids is 1. The topological polar surface area (TPSA) is 41.9 Å². The monoisotopic (exact) mass is 304 g/mol. The highest BCUT2D eigenvalue weighted by Crippen LogP contribution is 2.27. The fourth-order valence-electron chi connectivity index (χ4n) is 3.22. The fourth-order valence-corrected chi connectivity index (χ4v) is 3.22. The SMILES string of the molecule is CN(CC1CC(c2ccc(F)cc2)=NO1)C(=O)C1CCCC1. The third kappa shape index (κ3) is 3.29. The quantitative estimate of drug-likeness (QED) is 0.858. The van der Waals surface area contributed by atoms with Crippen LogP contribution in [0.5, 0.6) is 0 Å². The first kappa shape index (κ1) is 15.0. The van der Waals surface area contributed by atoms with Gasteiger partial charge in [0, 0.05) is 19.4 Å². The van der Waals surface area contributed by atoms with Crippen molar-refractivity contribution in [1.29, 1.82) is 0 Å². The molecule has 0 bridgehead atoms. The van der Waals surface area contributed by atoms with E-state index in [9.17, 15) is 9.18 Å². The van der Waals surface area contributed by atoms with Crippen LogP contribution in [0.1, 0.15) is 37.7 Å². The van der Waals surface area contributed by atoms with E-state index in [1.807, 2.05) is 7.05 Å². The summed E-state index contributed by atoms with van der Waals surface area (Å²) >= 11 is 0. The number of amides is 1. The van der Waals surface area contributed by atoms with Gasteiger partial charge in [-0.05, 0) is 30.5 Å². The first-order valence-electron chi connectivity index (χ1n) is 7.87. The zero-order chi connectivity index (χ0) is 15.5. The molecular formula is C17H21FN2O2. The van der Waals surface area contributed by atoms with Crippen molar-refractivity contribution in [2.75, 3.05) is 13.6 Å². The van der Waals surface area contributed by atoms with Gasteiger partial charge in [-0.3, -0.25) is 4.79 Å². The van der Waals surface area contributed by atoms with Crippen LogP contribution in [0.15, 0.2) is 29.4 Å². The Morgan fingerprint density at radius 1 is 1.32 bits per heavy atom. The van der Waals surface area contributed by atoms with Crippen LogP contribution in [0.25, 0.3) is 0 Å². The number of oxime groups is 1. The van der Waals surface area contributed by atoms with Crippen molar-refractivity contribution in [1.82, 2.24) is 4.90 Å². The van der Waals surface area contributed by atoms with Gasteiger partial charge in [-0.25, -0.2) is 4.39 Å². The Morgan fingerprint density at radius 3 is 2.68 bits per heavy atom. The first-order chi connectivity index (χ1) is 10.6. The summed E-state index contributed by atoms with van der Waals surface area (Å²) < 4.78 is 12.9. The number of benzene rings is 1. The molecule has 1 atom stereocenters. The smallest absolute Gasteiger partial charge is 0.225 e. The molecule has 5 heteroatoms. The van der Waals surface area contributed by atoms with Gasteiger partial charge in [-0.15, -0.1) is 0 Å². The molecule has 1 saturated carbocycles. The molecule has 0 N–H and O–H groups in total. The van der Waals surface area contributed by atoms with Crippen molar-refractivity contribution in [2.24, 2.45) is 11.1 Å². The van der Waals surface area contributed by atoms with Gasteiger partial charge in [-0.1, -0.05) is 30.1 Å². The van der Waals surface area contributed by atoms with E-state index >= 15 is 0 Å². The minimum atomic E-state index is -0.262. The van der Waals surface area contributed by atoms with Crippen LogP contribution in [0.2, 0.25) is 0 Å². The molecule has 0 aromatic heterocycles. The normalized spacial score (nSPS) is 21.5. The van der Waals surface area contributed by atoms with E-state index in [2.05, 4.69) is 5.16 Å². The van der Waals surface area contributed by atoms with E-state index in [1.54, 1.807) is 17.0 Å². The second-order valence-electron chi connectivity index (χ2n) is 6.18. The minimum Gasteiger partial charge on any atom is -0.390 e. The molecule has 1 aliphatic heterocycles. The Bertz CT molecular complexity index is 565. The van der Waals surface area contributed by atoms with Gasteiger partial charge < -0.3 is 9.74 Å². The van der Waals surface area contributed by atoms with Crippen LogP contribution in [-0.4, -0.2) is 36.2 Å². The largest absolute Gasteiger partial charge is 0.390 e. The molecule has 1 heterocycles. The summed E-state index contributed by atoms with van der Waals surface area (Å²) in [6.07, 6.45) is 4.85. The van der Waals surface area contributed by atoms with Crippen LogP contribution in [0.4, 0.5) is 4.39 Å². The van der Waals surface area contributed by atoms with Gasteiger partial charge in [0.15, 0.2) is 6.10 Å². The Hall–Kier alpha value is -1.91. The van der Waals surface area contributed by atoms with Crippen molar-refractivity contribution >= 4 is 11.6 Å². The lowest BCUT2D eigenvalue weighted by Gasteiger charge is -2.23. The van der Waals surface area contributed by atoms with Gasteiger partial charge in [0.1, 0.15) is 5.82 Å². The number of hydrogen-bond donors (Lipinski definition) is 0. The standard InChI is InChI=1S/C17H21FN2O2/c1-20(17(21)13-4-2-3-5-13)11-15-10-16(19-22-15)12-6-8-14(18)9-7-12/h6-9,13,15H,2-5,10-11H2,1H3. The van der Waals surface area contributed by atoms with E-state index in [4.69, 9.17) is 4.84 Å². The summed E-state index contributed by atoms with van der Waals surface area (Å²) in [4.78, 5) is 19.5. The van der Waals surface area contributed by atoms with Gasteiger partial charge in [0.25, 0.3) is 0 Å². The number of hydrogen-bond acceptors (Lipinski definition) is 3. The van der Waals surface area contributed by atoms with Crippen molar-refractivity contribution in [3.63, 3.8) is 0 Å².